The number of anilines is 1. The van der Waals surface area contributed by atoms with E-state index in [1.807, 2.05) is 69.3 Å². The molecule has 1 heteroatoms. The van der Waals surface area contributed by atoms with Gasteiger partial charge in [-0.3, -0.25) is 0 Å². The summed E-state index contributed by atoms with van der Waals surface area (Å²) in [7, 11) is 0. The van der Waals surface area contributed by atoms with Gasteiger partial charge in [0.1, 0.15) is 0 Å². The predicted molar refractivity (Wildman–Crippen MR) is 88.9 cm³/mol. The summed E-state index contributed by atoms with van der Waals surface area (Å²) in [4.78, 5) is 0. The average molecular weight is 255 g/mol. The zero-order valence-corrected chi connectivity index (χ0v) is 12.5. The molecular formula is C18H25N. The molecule has 0 aliphatic rings. The zero-order valence-electron chi connectivity index (χ0n) is 12.5. The van der Waals surface area contributed by atoms with Gasteiger partial charge in [-0.1, -0.05) is 54.7 Å². The van der Waals surface area contributed by atoms with Crippen LogP contribution in [0.2, 0.25) is 0 Å². The molecule has 19 heavy (non-hydrogen) atoms. The maximum Gasteiger partial charge on any atom is 0.0314 e. The van der Waals surface area contributed by atoms with E-state index < -0.39 is 0 Å². The van der Waals surface area contributed by atoms with Crippen molar-refractivity contribution in [2.45, 2.75) is 27.7 Å². The Bertz CT molecular complexity index is 459. The lowest BCUT2D eigenvalue weighted by molar-refractivity contribution is 1.54. The molecule has 0 unspecified atom stereocenters. The quantitative estimate of drug-likeness (QED) is 0.569. The van der Waals surface area contributed by atoms with E-state index in [4.69, 9.17) is 5.73 Å². The van der Waals surface area contributed by atoms with Gasteiger partial charge in [0.2, 0.25) is 0 Å². The van der Waals surface area contributed by atoms with Crippen LogP contribution in [-0.4, -0.2) is 0 Å². The third-order valence-electron chi connectivity index (χ3n) is 2.48. The minimum Gasteiger partial charge on any atom is -0.399 e. The van der Waals surface area contributed by atoms with Crippen molar-refractivity contribution in [2.75, 3.05) is 5.73 Å². The fourth-order valence-electron chi connectivity index (χ4n) is 1.24. The van der Waals surface area contributed by atoms with Gasteiger partial charge in [0.15, 0.2) is 0 Å². The van der Waals surface area contributed by atoms with Crippen LogP contribution in [0.15, 0.2) is 66.8 Å². The maximum absolute atomic E-state index is 5.55. The number of hydrogen-bond acceptors (Lipinski definition) is 1. The van der Waals surface area contributed by atoms with Gasteiger partial charge in [-0.25, -0.2) is 0 Å². The maximum atomic E-state index is 5.55. The van der Waals surface area contributed by atoms with Crippen LogP contribution < -0.4 is 5.73 Å². The molecule has 0 spiro atoms. The largest absolute Gasteiger partial charge is 0.399 e. The second-order valence-corrected chi connectivity index (χ2v) is 4.32. The molecule has 1 aromatic rings. The van der Waals surface area contributed by atoms with Crippen molar-refractivity contribution in [3.05, 3.63) is 72.4 Å². The Morgan fingerprint density at radius 3 is 2.05 bits per heavy atom. The van der Waals surface area contributed by atoms with Crippen molar-refractivity contribution < 1.29 is 0 Å². The Morgan fingerprint density at radius 2 is 1.63 bits per heavy atom. The molecule has 0 amide bonds. The van der Waals surface area contributed by atoms with Gasteiger partial charge in [-0.15, -0.1) is 0 Å². The van der Waals surface area contributed by atoms with Crippen LogP contribution in [-0.2, 0) is 0 Å². The Morgan fingerprint density at radius 1 is 1.05 bits per heavy atom. The summed E-state index contributed by atoms with van der Waals surface area (Å²) in [5, 5.41) is 0. The standard InChI is InChI=1S/C10H13N.C8H12/c1-3-8(2)9-4-6-10(11)7-5-9;1-4-5-6-7-8(2)3/h3-7H,11H2,1-2H3;4-7H,2H2,1,3H3/b8-3+;5-4-,7-6-. The lowest BCUT2D eigenvalue weighted by Crippen LogP contribution is -1.84. The van der Waals surface area contributed by atoms with Crippen LogP contribution in [0.5, 0.6) is 0 Å². The van der Waals surface area contributed by atoms with E-state index in [9.17, 15) is 0 Å². The van der Waals surface area contributed by atoms with Crippen LogP contribution in [0.3, 0.4) is 0 Å². The molecule has 0 saturated carbocycles. The fraction of sp³-hybridized carbons (Fsp3) is 0.222. The first-order chi connectivity index (χ1) is 9.01. The van der Waals surface area contributed by atoms with Crippen LogP contribution in [0, 0.1) is 0 Å². The molecule has 1 aromatic carbocycles. The van der Waals surface area contributed by atoms with Gasteiger partial charge < -0.3 is 5.73 Å². The lowest BCUT2D eigenvalue weighted by Gasteiger charge is -1.99. The zero-order chi connectivity index (χ0) is 14.7. The van der Waals surface area contributed by atoms with Crippen LogP contribution in [0.1, 0.15) is 33.3 Å². The number of allylic oxidation sites excluding steroid dienone is 7. The minimum absolute atomic E-state index is 0.817. The first-order valence-electron chi connectivity index (χ1n) is 6.45. The summed E-state index contributed by atoms with van der Waals surface area (Å²) in [5.74, 6) is 0. The normalized spacial score (nSPS) is 11.5. The van der Waals surface area contributed by atoms with Crippen molar-refractivity contribution in [3.8, 4) is 0 Å². The van der Waals surface area contributed by atoms with E-state index in [0.29, 0.717) is 0 Å². The molecule has 1 rings (SSSR count). The highest BCUT2D eigenvalue weighted by Gasteiger charge is 1.91. The van der Waals surface area contributed by atoms with Gasteiger partial charge in [-0.2, -0.15) is 0 Å². The summed E-state index contributed by atoms with van der Waals surface area (Å²) >= 11 is 0. The molecule has 0 bridgehead atoms. The van der Waals surface area contributed by atoms with Crippen molar-refractivity contribution in [1.29, 1.82) is 0 Å². The average Bonchev–Trinajstić information content (AvgIpc) is 2.39. The monoisotopic (exact) mass is 255 g/mol. The first kappa shape index (κ1) is 17.0. The number of nitrogen functional groups attached to an aromatic ring is 1. The predicted octanol–water partition coefficient (Wildman–Crippen LogP) is 5.39. The third kappa shape index (κ3) is 8.67. The second kappa shape index (κ2) is 9.95. The number of benzene rings is 1. The van der Waals surface area contributed by atoms with Gasteiger partial charge in [0.25, 0.3) is 0 Å². The minimum atomic E-state index is 0.817. The molecule has 0 saturated heterocycles. The molecule has 1 nitrogen and oxygen atoms in total. The second-order valence-electron chi connectivity index (χ2n) is 4.32. The smallest absolute Gasteiger partial charge is 0.0314 e. The Labute approximate surface area is 117 Å². The summed E-state index contributed by atoms with van der Waals surface area (Å²) in [5.41, 5.74) is 9.97. The highest BCUT2D eigenvalue weighted by molar-refractivity contribution is 5.64. The Balaban J connectivity index is 0.000000362. The van der Waals surface area contributed by atoms with Crippen LogP contribution in [0.25, 0.3) is 5.57 Å². The van der Waals surface area contributed by atoms with E-state index in [2.05, 4.69) is 19.6 Å². The molecule has 0 heterocycles. The summed E-state index contributed by atoms with van der Waals surface area (Å²) in [6.45, 7) is 11.8. The summed E-state index contributed by atoms with van der Waals surface area (Å²) in [6.07, 6.45) is 10.0. The molecule has 0 fully saturated rings. The van der Waals surface area contributed by atoms with Crippen LogP contribution >= 0.6 is 0 Å². The Kier molecular flexibility index (Phi) is 8.90. The highest BCUT2D eigenvalue weighted by Crippen LogP contribution is 2.14. The van der Waals surface area contributed by atoms with E-state index in [0.717, 1.165) is 11.3 Å². The fourth-order valence-corrected chi connectivity index (χ4v) is 1.24. The topological polar surface area (TPSA) is 26.0 Å². The van der Waals surface area contributed by atoms with Crippen molar-refractivity contribution in [3.63, 3.8) is 0 Å². The summed E-state index contributed by atoms with van der Waals surface area (Å²) in [6, 6.07) is 7.90. The van der Waals surface area contributed by atoms with E-state index >= 15 is 0 Å². The molecule has 0 radical (unpaired) electrons. The van der Waals surface area contributed by atoms with Crippen LogP contribution in [0.4, 0.5) is 5.69 Å². The van der Waals surface area contributed by atoms with Crippen molar-refractivity contribution in [1.82, 2.24) is 0 Å². The summed E-state index contributed by atoms with van der Waals surface area (Å²) < 4.78 is 0. The number of hydrogen-bond donors (Lipinski definition) is 1. The third-order valence-corrected chi connectivity index (χ3v) is 2.48. The van der Waals surface area contributed by atoms with Crippen molar-refractivity contribution in [2.24, 2.45) is 0 Å². The van der Waals surface area contributed by atoms with Gasteiger partial charge in [-0.05, 0) is 51.0 Å². The molecule has 0 aliphatic heterocycles. The number of rotatable bonds is 3. The number of nitrogens with two attached hydrogens (primary N) is 1. The molecular weight excluding hydrogens is 230 g/mol. The van der Waals surface area contributed by atoms with Gasteiger partial charge >= 0.3 is 0 Å². The van der Waals surface area contributed by atoms with Gasteiger partial charge in [0.05, 0.1) is 0 Å². The molecule has 102 valence electrons. The molecule has 2 N–H and O–H groups in total. The SMILES string of the molecule is C/C=C(\C)c1ccc(N)cc1.C=C(C)/C=C\C=C/C. The molecule has 0 aliphatic carbocycles. The van der Waals surface area contributed by atoms with Crippen molar-refractivity contribution >= 4 is 11.3 Å². The van der Waals surface area contributed by atoms with E-state index in [1.54, 1.807) is 0 Å². The molecule has 0 aromatic heterocycles. The van der Waals surface area contributed by atoms with E-state index in [1.165, 1.54) is 11.1 Å². The lowest BCUT2D eigenvalue weighted by atomic mass is 10.1. The van der Waals surface area contributed by atoms with E-state index in [-0.39, 0.29) is 0 Å². The Hall–Kier alpha value is -2.02. The highest BCUT2D eigenvalue weighted by atomic mass is 14.5. The molecule has 0 atom stereocenters. The first-order valence-corrected chi connectivity index (χ1v) is 6.45. The van der Waals surface area contributed by atoms with Gasteiger partial charge in [0, 0.05) is 5.69 Å².